The first-order valence-corrected chi connectivity index (χ1v) is 7.61. The van der Waals surface area contributed by atoms with Gasteiger partial charge in [0, 0.05) is 13.2 Å². The zero-order chi connectivity index (χ0) is 14.9. The van der Waals surface area contributed by atoms with E-state index in [0.29, 0.717) is 11.2 Å². The molecule has 3 heteroatoms. The van der Waals surface area contributed by atoms with Crippen LogP contribution < -0.4 is 4.74 Å². The zero-order valence-corrected chi connectivity index (χ0v) is 12.6. The van der Waals surface area contributed by atoms with Crippen molar-refractivity contribution in [2.45, 2.75) is 49.5 Å². The summed E-state index contributed by atoms with van der Waals surface area (Å²) in [5.74, 6) is 0.166. The monoisotopic (exact) mass is 286 g/mol. The Kier molecular flexibility index (Phi) is 3.62. The van der Waals surface area contributed by atoms with E-state index in [-0.39, 0.29) is 5.60 Å². The van der Waals surface area contributed by atoms with Crippen molar-refractivity contribution in [2.75, 3.05) is 7.11 Å². The van der Waals surface area contributed by atoms with Crippen molar-refractivity contribution in [1.82, 2.24) is 0 Å². The first-order chi connectivity index (χ1) is 10.1. The Labute approximate surface area is 125 Å². The maximum atomic E-state index is 11.2. The molecule has 0 N–H and O–H groups in total. The number of rotatable bonds is 4. The van der Waals surface area contributed by atoms with Crippen LogP contribution in [0.4, 0.5) is 0 Å². The molecule has 0 heterocycles. The number of fused-ring (bicyclic) bond motifs is 3. The lowest BCUT2D eigenvalue weighted by Gasteiger charge is -2.53. The second kappa shape index (κ2) is 5.30. The molecule has 3 aliphatic rings. The lowest BCUT2D eigenvalue weighted by molar-refractivity contribution is -0.128. The lowest BCUT2D eigenvalue weighted by atomic mass is 9.56. The van der Waals surface area contributed by atoms with Gasteiger partial charge in [-0.25, -0.2) is 4.79 Å². The topological polar surface area (TPSA) is 35.5 Å². The number of carbonyl (C=O) groups is 1. The molecule has 1 aromatic carbocycles. The summed E-state index contributed by atoms with van der Waals surface area (Å²) < 4.78 is 10.9. The molecule has 0 aromatic heterocycles. The van der Waals surface area contributed by atoms with E-state index in [2.05, 4.69) is 18.7 Å². The average molecular weight is 286 g/mol. The van der Waals surface area contributed by atoms with Crippen LogP contribution in [0.3, 0.4) is 0 Å². The molecule has 1 aromatic rings. The van der Waals surface area contributed by atoms with Gasteiger partial charge in [-0.15, -0.1) is 0 Å². The van der Waals surface area contributed by atoms with Crippen LogP contribution in [0, 0.1) is 0 Å². The minimum absolute atomic E-state index is 0.140. The molecule has 0 saturated heterocycles. The van der Waals surface area contributed by atoms with Crippen molar-refractivity contribution < 1.29 is 14.3 Å². The normalized spacial score (nSPS) is 30.9. The van der Waals surface area contributed by atoms with Crippen molar-refractivity contribution >= 4 is 5.97 Å². The van der Waals surface area contributed by atoms with Gasteiger partial charge in [0.05, 0.1) is 5.60 Å². The molecule has 21 heavy (non-hydrogen) atoms. The highest BCUT2D eigenvalue weighted by Gasteiger charge is 2.49. The molecule has 3 saturated carbocycles. The number of hydrogen-bond donors (Lipinski definition) is 0. The fraction of sp³-hybridized carbons (Fsp3) is 0.500. The number of ether oxygens (including phenoxy) is 2. The van der Waals surface area contributed by atoms with E-state index in [1.54, 1.807) is 0 Å². The van der Waals surface area contributed by atoms with Crippen molar-refractivity contribution in [2.24, 2.45) is 0 Å². The van der Waals surface area contributed by atoms with Gasteiger partial charge >= 0.3 is 5.97 Å². The van der Waals surface area contributed by atoms with Crippen molar-refractivity contribution in [3.63, 3.8) is 0 Å². The molecular weight excluding hydrogens is 264 g/mol. The molecule has 112 valence electrons. The highest BCUT2D eigenvalue weighted by Crippen LogP contribution is 2.54. The summed E-state index contributed by atoms with van der Waals surface area (Å²) >= 11 is 0. The summed E-state index contributed by atoms with van der Waals surface area (Å²) in [5, 5.41) is 0. The largest absolute Gasteiger partial charge is 0.423 e. The van der Waals surface area contributed by atoms with E-state index in [0.717, 1.165) is 19.3 Å². The summed E-state index contributed by atoms with van der Waals surface area (Å²) in [6.45, 7) is 3.41. The molecule has 0 spiro atoms. The highest BCUT2D eigenvalue weighted by molar-refractivity contribution is 5.83. The van der Waals surface area contributed by atoms with Crippen LogP contribution in [0.2, 0.25) is 0 Å². The Hall–Kier alpha value is -1.61. The summed E-state index contributed by atoms with van der Waals surface area (Å²) in [6.07, 6.45) is 8.19. The maximum absolute atomic E-state index is 11.2. The molecule has 3 aliphatic carbocycles. The van der Waals surface area contributed by atoms with Crippen LogP contribution in [0.5, 0.6) is 5.75 Å². The molecule has 2 bridgehead atoms. The van der Waals surface area contributed by atoms with Gasteiger partial charge in [0.15, 0.2) is 0 Å². The highest BCUT2D eigenvalue weighted by atomic mass is 16.5. The Balaban J connectivity index is 1.76. The number of hydrogen-bond acceptors (Lipinski definition) is 3. The van der Waals surface area contributed by atoms with Crippen LogP contribution in [0.15, 0.2) is 36.9 Å². The minimum atomic E-state index is -0.416. The molecule has 0 aliphatic heterocycles. The third-order valence-electron chi connectivity index (χ3n) is 5.46. The predicted molar refractivity (Wildman–Crippen MR) is 81.4 cm³/mol. The molecule has 0 atom stereocenters. The molecule has 0 amide bonds. The SMILES string of the molecule is C=CC(=O)Oc1ccc(C23CCC(OC)(CC2)CC3)cc1. The summed E-state index contributed by atoms with van der Waals surface area (Å²) in [7, 11) is 1.85. The third kappa shape index (κ3) is 2.51. The third-order valence-corrected chi connectivity index (χ3v) is 5.46. The van der Waals surface area contributed by atoms with E-state index >= 15 is 0 Å². The fourth-order valence-electron chi connectivity index (χ4n) is 3.92. The molecule has 3 nitrogen and oxygen atoms in total. The summed E-state index contributed by atoms with van der Waals surface area (Å²) in [4.78, 5) is 11.2. The number of esters is 1. The molecule has 0 unspecified atom stereocenters. The molecule has 0 radical (unpaired) electrons. The van der Waals surface area contributed by atoms with E-state index in [9.17, 15) is 4.79 Å². The van der Waals surface area contributed by atoms with Crippen LogP contribution in [0.25, 0.3) is 0 Å². The number of carbonyl (C=O) groups excluding carboxylic acids is 1. The average Bonchev–Trinajstić information content (AvgIpc) is 2.57. The Morgan fingerprint density at radius 2 is 1.67 bits per heavy atom. The van der Waals surface area contributed by atoms with Gasteiger partial charge in [0.1, 0.15) is 5.75 Å². The molecule has 3 fully saturated rings. The standard InChI is InChI=1S/C18H22O3/c1-3-16(19)21-15-6-4-14(5-7-15)17-8-11-18(20-2,12-9-17)13-10-17/h3-7H,1,8-13H2,2H3. The van der Waals surface area contributed by atoms with E-state index in [1.807, 2.05) is 19.2 Å². The quantitative estimate of drug-likeness (QED) is 0.480. The van der Waals surface area contributed by atoms with Crippen molar-refractivity contribution in [1.29, 1.82) is 0 Å². The van der Waals surface area contributed by atoms with Gasteiger partial charge in [-0.3, -0.25) is 0 Å². The first kappa shape index (κ1) is 14.3. The first-order valence-electron chi connectivity index (χ1n) is 7.61. The number of methoxy groups -OCH3 is 1. The second-order valence-corrected chi connectivity index (χ2v) is 6.32. The van der Waals surface area contributed by atoms with Crippen molar-refractivity contribution in [3.8, 4) is 5.75 Å². The van der Waals surface area contributed by atoms with E-state index in [1.165, 1.54) is 30.9 Å². The molecule has 4 rings (SSSR count). The van der Waals surface area contributed by atoms with Crippen molar-refractivity contribution in [3.05, 3.63) is 42.5 Å². The number of benzene rings is 1. The van der Waals surface area contributed by atoms with Gasteiger partial charge < -0.3 is 9.47 Å². The van der Waals surface area contributed by atoms with Gasteiger partial charge in [-0.1, -0.05) is 18.7 Å². The predicted octanol–water partition coefficient (Wildman–Crippen LogP) is 3.77. The van der Waals surface area contributed by atoms with Gasteiger partial charge in [-0.05, 0) is 61.6 Å². The second-order valence-electron chi connectivity index (χ2n) is 6.32. The van der Waals surface area contributed by atoms with Crippen LogP contribution >= 0.6 is 0 Å². The van der Waals surface area contributed by atoms with Gasteiger partial charge in [0.2, 0.25) is 0 Å². The van der Waals surface area contributed by atoms with Crippen LogP contribution in [-0.2, 0) is 14.9 Å². The smallest absolute Gasteiger partial charge is 0.335 e. The Bertz CT molecular complexity index is 520. The summed E-state index contributed by atoms with van der Waals surface area (Å²) in [6, 6.07) is 7.99. The lowest BCUT2D eigenvalue weighted by Crippen LogP contribution is -2.49. The zero-order valence-electron chi connectivity index (χ0n) is 12.6. The molecular formula is C18H22O3. The van der Waals surface area contributed by atoms with Gasteiger partial charge in [-0.2, -0.15) is 0 Å². The van der Waals surface area contributed by atoms with E-state index in [4.69, 9.17) is 9.47 Å². The maximum Gasteiger partial charge on any atom is 0.335 e. The van der Waals surface area contributed by atoms with Crippen LogP contribution in [0.1, 0.15) is 44.1 Å². The minimum Gasteiger partial charge on any atom is -0.423 e. The summed E-state index contributed by atoms with van der Waals surface area (Å²) in [5.41, 5.74) is 1.80. The fourth-order valence-corrected chi connectivity index (χ4v) is 3.92. The van der Waals surface area contributed by atoms with Gasteiger partial charge in [0.25, 0.3) is 0 Å². The van der Waals surface area contributed by atoms with Crippen LogP contribution in [-0.4, -0.2) is 18.7 Å². The Morgan fingerprint density at radius 1 is 1.10 bits per heavy atom. The van der Waals surface area contributed by atoms with E-state index < -0.39 is 5.97 Å². The Morgan fingerprint density at radius 3 is 2.14 bits per heavy atom.